The molecule has 2 aromatic rings. The highest BCUT2D eigenvalue weighted by Gasteiger charge is 2.05. The first-order valence-electron chi connectivity index (χ1n) is 7.03. The van der Waals surface area contributed by atoms with E-state index >= 15 is 0 Å². The molecule has 0 saturated heterocycles. The van der Waals surface area contributed by atoms with Gasteiger partial charge in [-0.05, 0) is 23.8 Å². The van der Waals surface area contributed by atoms with Crippen molar-refractivity contribution in [3.8, 4) is 5.75 Å². The summed E-state index contributed by atoms with van der Waals surface area (Å²) in [5.74, 6) is 0.663. The van der Waals surface area contributed by atoms with Crippen molar-refractivity contribution in [2.75, 3.05) is 20.3 Å². The Labute approximate surface area is 133 Å². The maximum absolute atomic E-state index is 12.0. The first-order chi connectivity index (χ1) is 11.1. The second-order valence-corrected chi connectivity index (χ2v) is 4.86. The molecule has 0 aliphatic rings. The summed E-state index contributed by atoms with van der Waals surface area (Å²) in [4.78, 5) is 12.0. The third-order valence-electron chi connectivity index (χ3n) is 3.19. The van der Waals surface area contributed by atoms with E-state index in [-0.39, 0.29) is 11.4 Å². The van der Waals surface area contributed by atoms with Gasteiger partial charge in [0.05, 0.1) is 13.2 Å². The van der Waals surface area contributed by atoms with E-state index in [2.05, 4.69) is 5.16 Å². The number of nitrogens with two attached hydrogens (primary N) is 1. The third-order valence-corrected chi connectivity index (χ3v) is 3.19. The number of ether oxygens (including phenoxy) is 2. The van der Waals surface area contributed by atoms with Gasteiger partial charge >= 0.3 is 0 Å². The number of pyridine rings is 1. The van der Waals surface area contributed by atoms with E-state index < -0.39 is 0 Å². The predicted molar refractivity (Wildman–Crippen MR) is 86.1 cm³/mol. The Kier molecular flexibility index (Phi) is 5.76. The molecule has 0 aliphatic heterocycles. The zero-order chi connectivity index (χ0) is 16.7. The molecule has 0 saturated carbocycles. The van der Waals surface area contributed by atoms with Gasteiger partial charge in [0.25, 0.3) is 5.56 Å². The van der Waals surface area contributed by atoms with Crippen LogP contribution in [-0.4, -0.2) is 35.9 Å². The van der Waals surface area contributed by atoms with Crippen LogP contribution in [0.2, 0.25) is 0 Å². The largest absolute Gasteiger partial charge is 0.491 e. The lowest BCUT2D eigenvalue weighted by molar-refractivity contribution is 0.146. The summed E-state index contributed by atoms with van der Waals surface area (Å²) >= 11 is 0. The monoisotopic (exact) mass is 317 g/mol. The van der Waals surface area contributed by atoms with Gasteiger partial charge in [0.15, 0.2) is 5.84 Å². The van der Waals surface area contributed by atoms with Crippen LogP contribution in [0.3, 0.4) is 0 Å². The highest BCUT2D eigenvalue weighted by Crippen LogP contribution is 2.14. The molecule has 1 aromatic heterocycles. The van der Waals surface area contributed by atoms with Gasteiger partial charge in [-0.15, -0.1) is 0 Å². The van der Waals surface area contributed by atoms with Crippen LogP contribution in [0.15, 0.2) is 52.5 Å². The molecule has 1 heterocycles. The molecule has 0 radical (unpaired) electrons. The maximum Gasteiger partial charge on any atom is 0.250 e. The molecule has 0 unspecified atom stereocenters. The van der Waals surface area contributed by atoms with Crippen LogP contribution in [0.1, 0.15) is 11.1 Å². The van der Waals surface area contributed by atoms with E-state index in [1.54, 1.807) is 13.3 Å². The lowest BCUT2D eigenvalue weighted by atomic mass is 10.2. The molecule has 122 valence electrons. The SMILES string of the molecule is COCCOc1cccc(Cn2cc(/C(N)=N/O)ccc2=O)c1. The zero-order valence-electron chi connectivity index (χ0n) is 12.8. The molecule has 7 heteroatoms. The van der Waals surface area contributed by atoms with Crippen molar-refractivity contribution in [1.82, 2.24) is 4.57 Å². The summed E-state index contributed by atoms with van der Waals surface area (Å²) < 4.78 is 12.0. The summed E-state index contributed by atoms with van der Waals surface area (Å²) in [6.07, 6.45) is 1.55. The van der Waals surface area contributed by atoms with E-state index in [4.69, 9.17) is 20.4 Å². The Bertz CT molecular complexity index is 740. The van der Waals surface area contributed by atoms with Crippen molar-refractivity contribution in [1.29, 1.82) is 0 Å². The third kappa shape index (κ3) is 4.58. The molecular formula is C16H19N3O4. The van der Waals surface area contributed by atoms with Gasteiger partial charge in [0, 0.05) is 24.9 Å². The van der Waals surface area contributed by atoms with Crippen molar-refractivity contribution in [2.45, 2.75) is 6.54 Å². The fourth-order valence-corrected chi connectivity index (χ4v) is 2.04. The highest BCUT2D eigenvalue weighted by molar-refractivity contribution is 5.96. The van der Waals surface area contributed by atoms with E-state index in [1.165, 1.54) is 16.7 Å². The minimum absolute atomic E-state index is 0.0459. The number of nitrogens with zero attached hydrogens (tertiary/aromatic N) is 2. The number of aromatic nitrogens is 1. The van der Waals surface area contributed by atoms with Crippen LogP contribution < -0.4 is 16.0 Å². The Morgan fingerprint density at radius 3 is 2.87 bits per heavy atom. The summed E-state index contributed by atoms with van der Waals surface area (Å²) in [7, 11) is 1.61. The lowest BCUT2D eigenvalue weighted by Crippen LogP contribution is -2.23. The number of benzene rings is 1. The van der Waals surface area contributed by atoms with Crippen molar-refractivity contribution >= 4 is 5.84 Å². The van der Waals surface area contributed by atoms with Gasteiger partial charge in [-0.25, -0.2) is 0 Å². The van der Waals surface area contributed by atoms with Crippen LogP contribution in [-0.2, 0) is 11.3 Å². The molecular weight excluding hydrogens is 298 g/mol. The molecule has 0 spiro atoms. The van der Waals surface area contributed by atoms with Crippen molar-refractivity contribution in [3.05, 3.63) is 64.1 Å². The number of methoxy groups -OCH3 is 1. The maximum atomic E-state index is 12.0. The molecule has 1 aromatic carbocycles. The van der Waals surface area contributed by atoms with E-state index in [0.29, 0.717) is 31.1 Å². The molecule has 23 heavy (non-hydrogen) atoms. The van der Waals surface area contributed by atoms with Crippen molar-refractivity contribution in [3.63, 3.8) is 0 Å². The quantitative estimate of drug-likeness (QED) is 0.261. The molecule has 0 bridgehead atoms. The number of amidine groups is 1. The summed E-state index contributed by atoms with van der Waals surface area (Å²) in [6, 6.07) is 10.3. The highest BCUT2D eigenvalue weighted by atomic mass is 16.5. The minimum atomic E-state index is -0.176. The first kappa shape index (κ1) is 16.6. The predicted octanol–water partition coefficient (Wildman–Crippen LogP) is 1.02. The fraction of sp³-hybridized carbons (Fsp3) is 0.250. The van der Waals surface area contributed by atoms with Gasteiger partial charge in [-0.3, -0.25) is 4.79 Å². The number of oxime groups is 1. The van der Waals surface area contributed by atoms with Gasteiger partial charge in [-0.1, -0.05) is 17.3 Å². The Hall–Kier alpha value is -2.80. The normalized spacial score (nSPS) is 11.4. The van der Waals surface area contributed by atoms with Gasteiger partial charge in [0.2, 0.25) is 0 Å². The van der Waals surface area contributed by atoms with Crippen LogP contribution in [0.4, 0.5) is 0 Å². The van der Waals surface area contributed by atoms with E-state index in [1.807, 2.05) is 24.3 Å². The molecule has 0 atom stereocenters. The van der Waals surface area contributed by atoms with Crippen LogP contribution in [0.25, 0.3) is 0 Å². The summed E-state index contributed by atoms with van der Waals surface area (Å²) in [5, 5.41) is 11.7. The topological polar surface area (TPSA) is 99.1 Å². The molecule has 0 amide bonds. The number of hydrogen-bond donors (Lipinski definition) is 2. The smallest absolute Gasteiger partial charge is 0.250 e. The molecule has 3 N–H and O–H groups in total. The zero-order valence-corrected chi connectivity index (χ0v) is 12.8. The van der Waals surface area contributed by atoms with Crippen LogP contribution in [0.5, 0.6) is 5.75 Å². The second kappa shape index (κ2) is 8.00. The minimum Gasteiger partial charge on any atom is -0.491 e. The van der Waals surface area contributed by atoms with E-state index in [0.717, 1.165) is 5.56 Å². The molecule has 0 fully saturated rings. The molecule has 0 aliphatic carbocycles. The van der Waals surface area contributed by atoms with E-state index in [9.17, 15) is 4.79 Å². The fourth-order valence-electron chi connectivity index (χ4n) is 2.04. The van der Waals surface area contributed by atoms with Crippen LogP contribution >= 0.6 is 0 Å². The first-order valence-corrected chi connectivity index (χ1v) is 7.03. The summed E-state index contributed by atoms with van der Waals surface area (Å²) in [6.45, 7) is 1.32. The number of rotatable bonds is 7. The average molecular weight is 317 g/mol. The van der Waals surface area contributed by atoms with Gasteiger partial charge < -0.3 is 25.0 Å². The molecule has 2 rings (SSSR count). The Morgan fingerprint density at radius 1 is 1.30 bits per heavy atom. The number of hydrogen-bond acceptors (Lipinski definition) is 5. The van der Waals surface area contributed by atoms with Crippen molar-refractivity contribution < 1.29 is 14.7 Å². The summed E-state index contributed by atoms with van der Waals surface area (Å²) in [5.41, 5.74) is 6.75. The van der Waals surface area contributed by atoms with Crippen molar-refractivity contribution in [2.24, 2.45) is 10.9 Å². The average Bonchev–Trinajstić information content (AvgIpc) is 2.57. The Morgan fingerprint density at radius 2 is 2.13 bits per heavy atom. The standard InChI is InChI=1S/C16H19N3O4/c1-22-7-8-23-14-4-2-3-12(9-14)10-19-11-13(16(17)18-21)5-6-15(19)20/h2-6,9,11,21H,7-8,10H2,1H3,(H2,17,18). The van der Waals surface area contributed by atoms with Gasteiger partial charge in [0.1, 0.15) is 12.4 Å². The van der Waals surface area contributed by atoms with Crippen LogP contribution in [0, 0.1) is 0 Å². The Balaban J connectivity index is 2.18. The molecule has 7 nitrogen and oxygen atoms in total. The lowest BCUT2D eigenvalue weighted by Gasteiger charge is -2.10. The second-order valence-electron chi connectivity index (χ2n) is 4.86. The van der Waals surface area contributed by atoms with Gasteiger partial charge in [-0.2, -0.15) is 0 Å².